The second-order valence-corrected chi connectivity index (χ2v) is 4.92. The molecule has 1 aliphatic rings. The summed E-state index contributed by atoms with van der Waals surface area (Å²) in [7, 11) is 0. The minimum atomic E-state index is -0.338. The molecule has 14 heavy (non-hydrogen) atoms. The van der Waals surface area contributed by atoms with Crippen molar-refractivity contribution in [1.29, 1.82) is 0 Å². The molecule has 3 heteroatoms. The van der Waals surface area contributed by atoms with Gasteiger partial charge in [-0.2, -0.15) is 0 Å². The van der Waals surface area contributed by atoms with E-state index in [0.29, 0.717) is 6.61 Å². The summed E-state index contributed by atoms with van der Waals surface area (Å²) in [5, 5.41) is 0. The van der Waals surface area contributed by atoms with Crippen molar-refractivity contribution < 1.29 is 9.53 Å². The van der Waals surface area contributed by atoms with Gasteiger partial charge in [-0.3, -0.25) is 9.79 Å². The molecule has 1 atom stereocenters. The first kappa shape index (κ1) is 11.2. The molecule has 0 radical (unpaired) electrons. The Morgan fingerprint density at radius 3 is 2.36 bits per heavy atom. The Labute approximate surface area is 85.6 Å². The molecule has 0 aromatic heterocycles. The van der Waals surface area contributed by atoms with E-state index in [1.54, 1.807) is 0 Å². The SMILES string of the molecule is CCOC(=O)C1C(C)(C)C=NC1(C)C. The standard InChI is InChI=1S/C11H19NO2/c1-6-14-9(13)8-10(2,3)7-12-11(8,4)5/h7-8H,6H2,1-5H3. The van der Waals surface area contributed by atoms with Gasteiger partial charge >= 0.3 is 5.97 Å². The van der Waals surface area contributed by atoms with Crippen molar-refractivity contribution in [3.63, 3.8) is 0 Å². The normalized spacial score (nSPS) is 27.6. The molecule has 1 rings (SSSR count). The van der Waals surface area contributed by atoms with Gasteiger partial charge in [0.25, 0.3) is 0 Å². The van der Waals surface area contributed by atoms with E-state index in [4.69, 9.17) is 4.74 Å². The topological polar surface area (TPSA) is 38.7 Å². The van der Waals surface area contributed by atoms with Gasteiger partial charge in [0.2, 0.25) is 0 Å². The van der Waals surface area contributed by atoms with Crippen LogP contribution in [0.1, 0.15) is 34.6 Å². The summed E-state index contributed by atoms with van der Waals surface area (Å²) in [5.41, 5.74) is -0.536. The molecule has 0 N–H and O–H groups in total. The maximum absolute atomic E-state index is 11.8. The van der Waals surface area contributed by atoms with Gasteiger partial charge in [0.15, 0.2) is 0 Å². The predicted molar refractivity (Wildman–Crippen MR) is 56.5 cm³/mol. The van der Waals surface area contributed by atoms with Crippen LogP contribution >= 0.6 is 0 Å². The van der Waals surface area contributed by atoms with Crippen LogP contribution in [0.3, 0.4) is 0 Å². The van der Waals surface area contributed by atoms with E-state index >= 15 is 0 Å². The number of aliphatic imine (C=N–C) groups is 1. The molecule has 0 fully saturated rings. The molecule has 0 saturated carbocycles. The zero-order chi connectivity index (χ0) is 11.0. The summed E-state index contributed by atoms with van der Waals surface area (Å²) in [6.45, 7) is 10.2. The van der Waals surface area contributed by atoms with Crippen molar-refractivity contribution in [2.45, 2.75) is 40.2 Å². The van der Waals surface area contributed by atoms with Crippen LogP contribution in [0, 0.1) is 11.3 Å². The van der Waals surface area contributed by atoms with Gasteiger partial charge in [-0.1, -0.05) is 13.8 Å². The molecular formula is C11H19NO2. The van der Waals surface area contributed by atoms with E-state index in [1.807, 2.05) is 40.8 Å². The quantitative estimate of drug-likeness (QED) is 0.635. The number of nitrogens with zero attached hydrogens (tertiary/aromatic N) is 1. The zero-order valence-electron chi connectivity index (χ0n) is 9.63. The van der Waals surface area contributed by atoms with Gasteiger partial charge in [0.05, 0.1) is 18.1 Å². The molecule has 1 heterocycles. The summed E-state index contributed by atoms with van der Waals surface area (Å²) in [6.07, 6.45) is 1.87. The van der Waals surface area contributed by atoms with Crippen LogP contribution < -0.4 is 0 Å². The fourth-order valence-corrected chi connectivity index (χ4v) is 2.21. The first-order valence-corrected chi connectivity index (χ1v) is 5.04. The van der Waals surface area contributed by atoms with Gasteiger partial charge in [-0.15, -0.1) is 0 Å². The fraction of sp³-hybridized carbons (Fsp3) is 0.818. The molecule has 1 unspecified atom stereocenters. The highest BCUT2D eigenvalue weighted by Crippen LogP contribution is 2.42. The second kappa shape index (κ2) is 3.37. The number of hydrogen-bond donors (Lipinski definition) is 0. The van der Waals surface area contributed by atoms with E-state index in [9.17, 15) is 4.79 Å². The van der Waals surface area contributed by atoms with E-state index in [2.05, 4.69) is 4.99 Å². The van der Waals surface area contributed by atoms with Crippen LogP contribution in [0.2, 0.25) is 0 Å². The van der Waals surface area contributed by atoms with Crippen molar-refractivity contribution in [3.05, 3.63) is 0 Å². The van der Waals surface area contributed by atoms with Crippen LogP contribution in [-0.2, 0) is 9.53 Å². The van der Waals surface area contributed by atoms with Crippen molar-refractivity contribution in [1.82, 2.24) is 0 Å². The Morgan fingerprint density at radius 2 is 2.00 bits per heavy atom. The van der Waals surface area contributed by atoms with Gasteiger partial charge in [0, 0.05) is 11.6 Å². The van der Waals surface area contributed by atoms with E-state index < -0.39 is 0 Å². The first-order chi connectivity index (χ1) is 6.31. The molecule has 1 aliphatic heterocycles. The Kier molecular flexibility index (Phi) is 2.70. The van der Waals surface area contributed by atoms with E-state index in [1.165, 1.54) is 0 Å². The van der Waals surface area contributed by atoms with Crippen LogP contribution in [-0.4, -0.2) is 24.3 Å². The number of carbonyl (C=O) groups excluding carboxylic acids is 1. The largest absolute Gasteiger partial charge is 0.466 e. The monoisotopic (exact) mass is 197 g/mol. The number of ether oxygens (including phenoxy) is 1. The van der Waals surface area contributed by atoms with E-state index in [-0.39, 0.29) is 22.8 Å². The van der Waals surface area contributed by atoms with Gasteiger partial charge < -0.3 is 4.74 Å². The predicted octanol–water partition coefficient (Wildman–Crippen LogP) is 2.05. The van der Waals surface area contributed by atoms with Crippen molar-refractivity contribution >= 4 is 12.2 Å². The van der Waals surface area contributed by atoms with Crippen LogP contribution in [0.25, 0.3) is 0 Å². The summed E-state index contributed by atoms with van der Waals surface area (Å²) >= 11 is 0. The molecule has 0 saturated heterocycles. The molecule has 0 aromatic rings. The van der Waals surface area contributed by atoms with E-state index in [0.717, 1.165) is 0 Å². The number of esters is 1. The molecule has 3 nitrogen and oxygen atoms in total. The Hall–Kier alpha value is -0.860. The first-order valence-electron chi connectivity index (χ1n) is 5.04. The average Bonchev–Trinajstić information content (AvgIpc) is 2.21. The maximum Gasteiger partial charge on any atom is 0.312 e. The lowest BCUT2D eigenvalue weighted by atomic mass is 9.73. The average molecular weight is 197 g/mol. The third kappa shape index (κ3) is 1.81. The summed E-state index contributed by atoms with van der Waals surface area (Å²) < 4.78 is 5.08. The van der Waals surface area contributed by atoms with Gasteiger partial charge in [-0.05, 0) is 20.8 Å². The molecule has 80 valence electrons. The maximum atomic E-state index is 11.8. The second-order valence-electron chi connectivity index (χ2n) is 4.92. The molecule has 0 amide bonds. The molecule has 0 aliphatic carbocycles. The highest BCUT2D eigenvalue weighted by Gasteiger charge is 2.49. The number of rotatable bonds is 2. The third-order valence-corrected chi connectivity index (χ3v) is 2.70. The minimum absolute atomic E-state index is 0.139. The Bertz CT molecular complexity index is 248. The Morgan fingerprint density at radius 1 is 1.43 bits per heavy atom. The molecular weight excluding hydrogens is 178 g/mol. The fourth-order valence-electron chi connectivity index (χ4n) is 2.21. The molecule has 0 spiro atoms. The third-order valence-electron chi connectivity index (χ3n) is 2.70. The molecule has 0 aromatic carbocycles. The number of hydrogen-bond acceptors (Lipinski definition) is 3. The number of carbonyl (C=O) groups is 1. The van der Waals surface area contributed by atoms with Crippen LogP contribution in [0.15, 0.2) is 4.99 Å². The van der Waals surface area contributed by atoms with Crippen molar-refractivity contribution in [2.24, 2.45) is 16.3 Å². The summed E-state index contributed by atoms with van der Waals surface area (Å²) in [6, 6.07) is 0. The zero-order valence-corrected chi connectivity index (χ0v) is 9.63. The van der Waals surface area contributed by atoms with Crippen LogP contribution in [0.4, 0.5) is 0 Å². The molecule has 0 bridgehead atoms. The van der Waals surface area contributed by atoms with Crippen LogP contribution in [0.5, 0.6) is 0 Å². The van der Waals surface area contributed by atoms with Crippen molar-refractivity contribution in [2.75, 3.05) is 6.61 Å². The summed E-state index contributed by atoms with van der Waals surface area (Å²) in [5.74, 6) is -0.310. The lowest BCUT2D eigenvalue weighted by molar-refractivity contribution is -0.152. The van der Waals surface area contributed by atoms with Gasteiger partial charge in [0.1, 0.15) is 0 Å². The van der Waals surface area contributed by atoms with Crippen molar-refractivity contribution in [3.8, 4) is 0 Å². The lowest BCUT2D eigenvalue weighted by Crippen LogP contribution is -2.41. The smallest absolute Gasteiger partial charge is 0.312 e. The Balaban J connectivity index is 2.90. The van der Waals surface area contributed by atoms with Gasteiger partial charge in [-0.25, -0.2) is 0 Å². The highest BCUT2D eigenvalue weighted by atomic mass is 16.5. The lowest BCUT2D eigenvalue weighted by Gasteiger charge is -2.31. The minimum Gasteiger partial charge on any atom is -0.466 e. The highest BCUT2D eigenvalue weighted by molar-refractivity contribution is 5.84. The summed E-state index contributed by atoms with van der Waals surface area (Å²) in [4.78, 5) is 16.2.